The number of benzene rings is 1. The van der Waals surface area contributed by atoms with Gasteiger partial charge in [0, 0.05) is 10.9 Å². The van der Waals surface area contributed by atoms with Crippen molar-refractivity contribution in [3.05, 3.63) is 54.2 Å². The smallest absolute Gasteiger partial charge is 0.144 e. The summed E-state index contributed by atoms with van der Waals surface area (Å²) >= 11 is 1.62. The van der Waals surface area contributed by atoms with Crippen LogP contribution < -0.4 is 0 Å². The van der Waals surface area contributed by atoms with Crippen LogP contribution in [0, 0.1) is 0 Å². The third-order valence-corrected chi connectivity index (χ3v) is 4.74. The summed E-state index contributed by atoms with van der Waals surface area (Å²) in [6.07, 6.45) is 1.69. The number of fused-ring (bicyclic) bond motifs is 1. The van der Waals surface area contributed by atoms with Crippen molar-refractivity contribution in [3.63, 3.8) is 0 Å². The average Bonchev–Trinajstić information content (AvgIpc) is 2.90. The van der Waals surface area contributed by atoms with Crippen molar-refractivity contribution in [3.8, 4) is 10.6 Å². The first-order valence-corrected chi connectivity index (χ1v) is 7.84. The fourth-order valence-electron chi connectivity index (χ4n) is 2.68. The molecule has 0 aliphatic carbocycles. The summed E-state index contributed by atoms with van der Waals surface area (Å²) in [6.45, 7) is 2.90. The maximum absolute atomic E-state index is 11.9. The molecule has 0 aliphatic heterocycles. The molecule has 4 heteroatoms. The van der Waals surface area contributed by atoms with Crippen molar-refractivity contribution in [2.45, 2.75) is 19.8 Å². The fraction of sp³-hybridized carbons (Fsp3) is 0.167. The van der Waals surface area contributed by atoms with Crippen molar-refractivity contribution < 1.29 is 9.59 Å². The van der Waals surface area contributed by atoms with Gasteiger partial charge in [-0.1, -0.05) is 24.3 Å². The Morgan fingerprint density at radius 3 is 2.45 bits per heavy atom. The number of pyridine rings is 1. The summed E-state index contributed by atoms with van der Waals surface area (Å²) in [5.41, 5.74) is 1.41. The average molecular weight is 309 g/mol. The van der Waals surface area contributed by atoms with Gasteiger partial charge in [0.1, 0.15) is 17.5 Å². The Kier molecular flexibility index (Phi) is 3.86. The minimum Gasteiger partial charge on any atom is -0.299 e. The number of nitrogens with zero attached hydrogens (tertiary/aromatic N) is 1. The molecule has 0 saturated heterocycles. The predicted octanol–water partition coefficient (Wildman–Crippen LogP) is 4.22. The number of rotatable bonds is 4. The van der Waals surface area contributed by atoms with E-state index >= 15 is 0 Å². The zero-order valence-corrected chi connectivity index (χ0v) is 13.2. The Morgan fingerprint density at radius 2 is 1.77 bits per heavy atom. The normalized spacial score (nSPS) is 11.0. The van der Waals surface area contributed by atoms with Gasteiger partial charge in [-0.2, -0.15) is 0 Å². The molecular weight excluding hydrogens is 294 g/mol. The minimum absolute atomic E-state index is 0.150. The van der Waals surface area contributed by atoms with Crippen molar-refractivity contribution in [2.75, 3.05) is 0 Å². The number of hydrogen-bond acceptors (Lipinski definition) is 4. The van der Waals surface area contributed by atoms with Crippen LogP contribution in [0.2, 0.25) is 0 Å². The molecule has 0 unspecified atom stereocenters. The third kappa shape index (κ3) is 2.57. The highest BCUT2D eigenvalue weighted by molar-refractivity contribution is 7.22. The van der Waals surface area contributed by atoms with E-state index in [0.717, 1.165) is 20.7 Å². The topological polar surface area (TPSA) is 47.0 Å². The largest absolute Gasteiger partial charge is 0.299 e. The number of carbonyl (C=O) groups excluding carboxylic acids is 2. The van der Waals surface area contributed by atoms with Crippen LogP contribution in [0.4, 0.5) is 0 Å². The molecule has 3 nitrogen and oxygen atoms in total. The SMILES string of the molecule is CC(=O)C(C(C)=O)c1cccnc1-c1cc2ccccc2s1. The van der Waals surface area contributed by atoms with Crippen LogP contribution in [0.15, 0.2) is 48.7 Å². The zero-order chi connectivity index (χ0) is 15.7. The van der Waals surface area contributed by atoms with E-state index < -0.39 is 5.92 Å². The first-order chi connectivity index (χ1) is 10.6. The van der Waals surface area contributed by atoms with E-state index in [1.807, 2.05) is 24.3 Å². The second-order valence-electron chi connectivity index (χ2n) is 5.24. The maximum atomic E-state index is 11.9. The second kappa shape index (κ2) is 5.81. The van der Waals surface area contributed by atoms with Crippen LogP contribution in [-0.2, 0) is 9.59 Å². The molecule has 0 bridgehead atoms. The van der Waals surface area contributed by atoms with Crippen molar-refractivity contribution in [1.82, 2.24) is 4.98 Å². The molecule has 0 amide bonds. The Labute approximate surface area is 132 Å². The third-order valence-electron chi connectivity index (χ3n) is 3.62. The molecular formula is C18H15NO2S. The highest BCUT2D eigenvalue weighted by atomic mass is 32.1. The Hall–Kier alpha value is -2.33. The number of thiophene rings is 1. The summed E-state index contributed by atoms with van der Waals surface area (Å²) in [5, 5.41) is 1.14. The molecule has 22 heavy (non-hydrogen) atoms. The minimum atomic E-state index is -0.742. The number of Topliss-reactive ketones (excluding diaryl/α,β-unsaturated/α-hetero) is 2. The van der Waals surface area contributed by atoms with Crippen LogP contribution in [0.25, 0.3) is 20.7 Å². The van der Waals surface area contributed by atoms with Crippen LogP contribution in [-0.4, -0.2) is 16.6 Å². The Balaban J connectivity index is 2.19. The molecule has 0 fully saturated rings. The van der Waals surface area contributed by atoms with Gasteiger partial charge in [0.05, 0.1) is 10.6 Å². The van der Waals surface area contributed by atoms with Crippen molar-refractivity contribution >= 4 is 33.0 Å². The van der Waals surface area contributed by atoms with E-state index in [1.54, 1.807) is 23.6 Å². The number of hydrogen-bond donors (Lipinski definition) is 0. The highest BCUT2D eigenvalue weighted by Gasteiger charge is 2.26. The van der Waals surface area contributed by atoms with Gasteiger partial charge < -0.3 is 0 Å². The molecule has 0 N–H and O–H groups in total. The van der Waals surface area contributed by atoms with Gasteiger partial charge in [-0.25, -0.2) is 0 Å². The van der Waals surface area contributed by atoms with Crippen LogP contribution in [0.1, 0.15) is 25.3 Å². The molecule has 110 valence electrons. The predicted molar refractivity (Wildman–Crippen MR) is 89.2 cm³/mol. The first-order valence-electron chi connectivity index (χ1n) is 7.02. The monoisotopic (exact) mass is 309 g/mol. The zero-order valence-electron chi connectivity index (χ0n) is 12.4. The van der Waals surface area contributed by atoms with Crippen LogP contribution >= 0.6 is 11.3 Å². The Morgan fingerprint density at radius 1 is 1.05 bits per heavy atom. The quantitative estimate of drug-likeness (QED) is 0.678. The molecule has 0 atom stereocenters. The molecule has 3 rings (SSSR count). The standard InChI is InChI=1S/C18H15NO2S/c1-11(20)17(12(2)21)14-7-5-9-19-18(14)16-10-13-6-3-4-8-15(13)22-16/h3-10,17H,1-2H3. The number of aromatic nitrogens is 1. The summed E-state index contributed by atoms with van der Waals surface area (Å²) in [4.78, 5) is 29.2. The number of carbonyl (C=O) groups is 2. The summed E-state index contributed by atoms with van der Waals surface area (Å²) in [6, 6.07) is 13.7. The van der Waals surface area contributed by atoms with Gasteiger partial charge in [-0.05, 0) is 43.0 Å². The number of ketones is 2. The van der Waals surface area contributed by atoms with E-state index in [0.29, 0.717) is 5.56 Å². The summed E-state index contributed by atoms with van der Waals surface area (Å²) < 4.78 is 1.16. The lowest BCUT2D eigenvalue weighted by Crippen LogP contribution is -2.18. The molecule has 2 heterocycles. The fourth-order valence-corrected chi connectivity index (χ4v) is 3.76. The summed E-state index contributed by atoms with van der Waals surface area (Å²) in [7, 11) is 0. The molecule has 0 radical (unpaired) electrons. The van der Waals surface area contributed by atoms with Gasteiger partial charge in [-0.15, -0.1) is 11.3 Å². The molecule has 0 aliphatic rings. The lowest BCUT2D eigenvalue weighted by atomic mass is 9.90. The van der Waals surface area contributed by atoms with E-state index in [9.17, 15) is 9.59 Å². The maximum Gasteiger partial charge on any atom is 0.144 e. The second-order valence-corrected chi connectivity index (χ2v) is 6.33. The molecule has 0 saturated carbocycles. The lowest BCUT2D eigenvalue weighted by molar-refractivity contribution is -0.126. The van der Waals surface area contributed by atoms with E-state index in [4.69, 9.17) is 0 Å². The van der Waals surface area contributed by atoms with Gasteiger partial charge in [0.2, 0.25) is 0 Å². The highest BCUT2D eigenvalue weighted by Crippen LogP contribution is 2.36. The lowest BCUT2D eigenvalue weighted by Gasteiger charge is -2.13. The molecule has 2 aromatic heterocycles. The molecule has 0 spiro atoms. The van der Waals surface area contributed by atoms with Gasteiger partial charge >= 0.3 is 0 Å². The van der Waals surface area contributed by atoms with Crippen molar-refractivity contribution in [1.29, 1.82) is 0 Å². The molecule has 1 aromatic carbocycles. The van der Waals surface area contributed by atoms with Crippen LogP contribution in [0.3, 0.4) is 0 Å². The van der Waals surface area contributed by atoms with E-state index in [1.165, 1.54) is 13.8 Å². The van der Waals surface area contributed by atoms with E-state index in [2.05, 4.69) is 17.1 Å². The Bertz CT molecular complexity index is 819. The van der Waals surface area contributed by atoms with E-state index in [-0.39, 0.29) is 11.6 Å². The van der Waals surface area contributed by atoms with Crippen LogP contribution in [0.5, 0.6) is 0 Å². The van der Waals surface area contributed by atoms with Gasteiger partial charge in [0.25, 0.3) is 0 Å². The van der Waals surface area contributed by atoms with Crippen molar-refractivity contribution in [2.24, 2.45) is 0 Å². The van der Waals surface area contributed by atoms with Gasteiger partial charge in [0.15, 0.2) is 0 Å². The molecule has 3 aromatic rings. The van der Waals surface area contributed by atoms with Gasteiger partial charge in [-0.3, -0.25) is 14.6 Å². The first kappa shape index (κ1) is 14.6. The summed E-state index contributed by atoms with van der Waals surface area (Å²) in [5.74, 6) is -1.04.